The number of rotatable bonds is 5. The van der Waals surface area contributed by atoms with Crippen LogP contribution in [0.15, 0.2) is 28.8 Å². The lowest BCUT2D eigenvalue weighted by Crippen LogP contribution is -2.43. The number of amides is 2. The molecule has 0 unspecified atom stereocenters. The van der Waals surface area contributed by atoms with E-state index in [0.717, 1.165) is 24.3 Å². The number of carbonyl (C=O) groups is 1. The van der Waals surface area contributed by atoms with Crippen molar-refractivity contribution in [3.05, 3.63) is 36.0 Å². The maximum atomic E-state index is 12.3. The highest BCUT2D eigenvalue weighted by molar-refractivity contribution is 5.89. The number of ether oxygens (including phenoxy) is 2. The summed E-state index contributed by atoms with van der Waals surface area (Å²) < 4.78 is 15.9. The number of benzene rings is 1. The highest BCUT2D eigenvalue weighted by Gasteiger charge is 2.23. The van der Waals surface area contributed by atoms with Crippen LogP contribution in [-0.2, 0) is 11.3 Å². The second-order valence-corrected chi connectivity index (χ2v) is 5.89. The standard InChI is InChI=1S/C17H22N4O4/c1-12-18-16(25-20-12)11-24-15-7-9-21(10-8-15)17(22)19-13-3-5-14(23-2)6-4-13/h3-6,15H,7-11H2,1-2H3,(H,19,22). The molecule has 8 heteroatoms. The van der Waals surface area contributed by atoms with Gasteiger partial charge in [0.2, 0.25) is 0 Å². The van der Waals surface area contributed by atoms with E-state index in [-0.39, 0.29) is 12.1 Å². The molecule has 1 saturated heterocycles. The molecule has 2 heterocycles. The Morgan fingerprint density at radius 3 is 2.64 bits per heavy atom. The fourth-order valence-corrected chi connectivity index (χ4v) is 2.69. The zero-order valence-electron chi connectivity index (χ0n) is 14.4. The van der Waals surface area contributed by atoms with Crippen molar-refractivity contribution in [2.45, 2.75) is 32.5 Å². The van der Waals surface area contributed by atoms with Crippen molar-refractivity contribution in [1.29, 1.82) is 0 Å². The summed E-state index contributed by atoms with van der Waals surface area (Å²) >= 11 is 0. The van der Waals surface area contributed by atoms with Gasteiger partial charge in [-0.1, -0.05) is 5.16 Å². The molecular formula is C17H22N4O4. The second-order valence-electron chi connectivity index (χ2n) is 5.89. The Balaban J connectivity index is 1.42. The third-order valence-electron chi connectivity index (χ3n) is 4.08. The van der Waals surface area contributed by atoms with Gasteiger partial charge < -0.3 is 24.2 Å². The van der Waals surface area contributed by atoms with Gasteiger partial charge in [-0.15, -0.1) is 0 Å². The molecule has 3 rings (SSSR count). The number of likely N-dealkylation sites (tertiary alicyclic amines) is 1. The zero-order chi connectivity index (χ0) is 17.6. The summed E-state index contributed by atoms with van der Waals surface area (Å²) in [4.78, 5) is 18.2. The summed E-state index contributed by atoms with van der Waals surface area (Å²) in [6.07, 6.45) is 1.66. The van der Waals surface area contributed by atoms with Gasteiger partial charge in [-0.2, -0.15) is 4.98 Å². The van der Waals surface area contributed by atoms with Crippen LogP contribution in [0.1, 0.15) is 24.6 Å². The van der Waals surface area contributed by atoms with Gasteiger partial charge >= 0.3 is 6.03 Å². The second kappa shape index (κ2) is 7.98. The van der Waals surface area contributed by atoms with Crippen molar-refractivity contribution < 1.29 is 18.8 Å². The van der Waals surface area contributed by atoms with Crippen LogP contribution in [0.2, 0.25) is 0 Å². The fraction of sp³-hybridized carbons (Fsp3) is 0.471. The molecule has 0 saturated carbocycles. The SMILES string of the molecule is COc1ccc(NC(=O)N2CCC(OCc3nc(C)no3)CC2)cc1. The first kappa shape index (κ1) is 17.2. The van der Waals surface area contributed by atoms with Gasteiger partial charge in [-0.3, -0.25) is 0 Å². The minimum atomic E-state index is -0.101. The Morgan fingerprint density at radius 1 is 1.32 bits per heavy atom. The molecule has 8 nitrogen and oxygen atoms in total. The molecule has 1 N–H and O–H groups in total. The Bertz CT molecular complexity index is 693. The molecule has 0 radical (unpaired) electrons. The molecule has 0 atom stereocenters. The number of piperidine rings is 1. The number of urea groups is 1. The lowest BCUT2D eigenvalue weighted by Gasteiger charge is -2.31. The van der Waals surface area contributed by atoms with E-state index in [1.54, 1.807) is 18.9 Å². The van der Waals surface area contributed by atoms with Gasteiger partial charge in [-0.25, -0.2) is 4.79 Å². The predicted octanol–water partition coefficient (Wildman–Crippen LogP) is 2.60. The van der Waals surface area contributed by atoms with Crippen LogP contribution < -0.4 is 10.1 Å². The van der Waals surface area contributed by atoms with Crippen LogP contribution in [0.25, 0.3) is 0 Å². The molecular weight excluding hydrogens is 324 g/mol. The van der Waals surface area contributed by atoms with Crippen molar-refractivity contribution in [1.82, 2.24) is 15.0 Å². The van der Waals surface area contributed by atoms with Crippen LogP contribution >= 0.6 is 0 Å². The van der Waals surface area contributed by atoms with Crippen molar-refractivity contribution >= 4 is 11.7 Å². The number of nitrogens with one attached hydrogen (secondary N) is 1. The van der Waals surface area contributed by atoms with Gasteiger partial charge in [-0.05, 0) is 44.0 Å². The lowest BCUT2D eigenvalue weighted by atomic mass is 10.1. The quantitative estimate of drug-likeness (QED) is 0.895. The minimum Gasteiger partial charge on any atom is -0.497 e. The largest absolute Gasteiger partial charge is 0.497 e. The van der Waals surface area contributed by atoms with E-state index in [4.69, 9.17) is 14.0 Å². The van der Waals surface area contributed by atoms with Crippen LogP contribution in [0.3, 0.4) is 0 Å². The van der Waals surface area contributed by atoms with Crippen molar-refractivity contribution in [3.8, 4) is 5.75 Å². The molecule has 1 aliphatic rings. The molecule has 2 aromatic rings. The molecule has 1 aliphatic heterocycles. The van der Waals surface area contributed by atoms with Crippen molar-refractivity contribution in [2.24, 2.45) is 0 Å². The molecule has 1 aromatic heterocycles. The number of carbonyl (C=O) groups excluding carboxylic acids is 1. The average molecular weight is 346 g/mol. The van der Waals surface area contributed by atoms with Crippen LogP contribution in [0.4, 0.5) is 10.5 Å². The van der Waals surface area contributed by atoms with Crippen LogP contribution in [0.5, 0.6) is 5.75 Å². The molecule has 1 fully saturated rings. The third-order valence-corrected chi connectivity index (χ3v) is 4.08. The number of hydrogen-bond acceptors (Lipinski definition) is 6. The molecule has 2 amide bonds. The van der Waals surface area contributed by atoms with Gasteiger partial charge in [0.25, 0.3) is 5.89 Å². The monoisotopic (exact) mass is 346 g/mol. The Morgan fingerprint density at radius 2 is 2.04 bits per heavy atom. The maximum Gasteiger partial charge on any atom is 0.321 e. The fourth-order valence-electron chi connectivity index (χ4n) is 2.69. The number of methoxy groups -OCH3 is 1. The van der Waals surface area contributed by atoms with Gasteiger partial charge in [0.15, 0.2) is 5.82 Å². The topological polar surface area (TPSA) is 89.7 Å². The smallest absolute Gasteiger partial charge is 0.321 e. The summed E-state index contributed by atoms with van der Waals surface area (Å²) in [5.41, 5.74) is 0.746. The van der Waals surface area contributed by atoms with Crippen molar-refractivity contribution in [3.63, 3.8) is 0 Å². The Kier molecular flexibility index (Phi) is 5.49. The van der Waals surface area contributed by atoms with E-state index in [9.17, 15) is 4.79 Å². The molecule has 25 heavy (non-hydrogen) atoms. The molecule has 1 aromatic carbocycles. The van der Waals surface area contributed by atoms with Gasteiger partial charge in [0, 0.05) is 18.8 Å². The maximum absolute atomic E-state index is 12.3. The number of anilines is 1. The summed E-state index contributed by atoms with van der Waals surface area (Å²) in [7, 11) is 1.61. The number of aromatic nitrogens is 2. The molecule has 134 valence electrons. The minimum absolute atomic E-state index is 0.0947. The highest BCUT2D eigenvalue weighted by Crippen LogP contribution is 2.18. The molecule has 0 spiro atoms. The number of aryl methyl sites for hydroxylation is 1. The summed E-state index contributed by atoms with van der Waals surface area (Å²) in [5, 5.41) is 6.63. The van der Waals surface area contributed by atoms with Crippen molar-refractivity contribution in [2.75, 3.05) is 25.5 Å². The summed E-state index contributed by atoms with van der Waals surface area (Å²) in [5.74, 6) is 1.84. The highest BCUT2D eigenvalue weighted by atomic mass is 16.5. The first-order valence-electron chi connectivity index (χ1n) is 8.25. The lowest BCUT2D eigenvalue weighted by molar-refractivity contribution is -0.00532. The summed E-state index contributed by atoms with van der Waals surface area (Å²) in [6, 6.07) is 7.16. The first-order valence-corrected chi connectivity index (χ1v) is 8.25. The van der Waals surface area contributed by atoms with E-state index in [1.807, 2.05) is 24.3 Å². The Hall–Kier alpha value is -2.61. The Labute approximate surface area is 146 Å². The third kappa shape index (κ3) is 4.69. The van der Waals surface area contributed by atoms with Crippen LogP contribution in [-0.4, -0.2) is 47.4 Å². The number of nitrogens with zero attached hydrogens (tertiary/aromatic N) is 3. The first-order chi connectivity index (χ1) is 12.1. The molecule has 0 bridgehead atoms. The van der Waals surface area contributed by atoms with E-state index < -0.39 is 0 Å². The number of hydrogen-bond donors (Lipinski definition) is 1. The average Bonchev–Trinajstić information content (AvgIpc) is 3.06. The van der Waals surface area contributed by atoms with E-state index in [1.165, 1.54) is 0 Å². The van der Waals surface area contributed by atoms with E-state index in [0.29, 0.717) is 31.4 Å². The van der Waals surface area contributed by atoms with Crippen LogP contribution in [0, 0.1) is 6.92 Å². The zero-order valence-corrected chi connectivity index (χ0v) is 14.4. The van der Waals surface area contributed by atoms with Gasteiger partial charge in [0.05, 0.1) is 13.2 Å². The van der Waals surface area contributed by atoms with E-state index in [2.05, 4.69) is 15.5 Å². The normalized spacial score (nSPS) is 15.2. The predicted molar refractivity (Wildman–Crippen MR) is 90.4 cm³/mol. The molecule has 0 aliphatic carbocycles. The van der Waals surface area contributed by atoms with E-state index >= 15 is 0 Å². The summed E-state index contributed by atoms with van der Waals surface area (Å²) in [6.45, 7) is 3.38. The van der Waals surface area contributed by atoms with Gasteiger partial charge in [0.1, 0.15) is 12.4 Å².